The van der Waals surface area contributed by atoms with Crippen LogP contribution >= 0.6 is 11.6 Å². The van der Waals surface area contributed by atoms with E-state index in [4.69, 9.17) is 11.6 Å². The van der Waals surface area contributed by atoms with Crippen molar-refractivity contribution in [1.29, 1.82) is 0 Å². The number of carbonyl (C=O) groups excluding carboxylic acids is 1. The van der Waals surface area contributed by atoms with Gasteiger partial charge in [0.1, 0.15) is 0 Å². The maximum atomic E-state index is 12.2. The van der Waals surface area contributed by atoms with Crippen molar-refractivity contribution in [3.63, 3.8) is 0 Å². The largest absolute Gasteiger partial charge is 0.373 e. The van der Waals surface area contributed by atoms with E-state index in [0.717, 1.165) is 24.3 Å². The Hall–Kier alpha value is -2.10. The highest BCUT2D eigenvalue weighted by molar-refractivity contribution is 6.30. The standard InChI is InChI=1S/C20H23ClN2O/c1-22(2)13-14-23(3)19-6-4-5-16(15-19)7-12-20(24)17-8-10-18(21)11-9-17/h4-12,15H,13-14H2,1-3H3/b12-7+. The molecule has 24 heavy (non-hydrogen) atoms. The van der Waals surface area contributed by atoms with Gasteiger partial charge >= 0.3 is 0 Å². The van der Waals surface area contributed by atoms with Crippen molar-refractivity contribution in [2.45, 2.75) is 0 Å². The van der Waals surface area contributed by atoms with Crippen LogP contribution in [-0.2, 0) is 0 Å². The molecule has 0 atom stereocenters. The predicted molar refractivity (Wildman–Crippen MR) is 103 cm³/mol. The molecule has 0 aliphatic rings. The molecule has 0 amide bonds. The molecule has 4 heteroatoms. The van der Waals surface area contributed by atoms with Crippen LogP contribution in [0.25, 0.3) is 6.08 Å². The van der Waals surface area contributed by atoms with Crippen LogP contribution < -0.4 is 4.90 Å². The van der Waals surface area contributed by atoms with E-state index in [1.807, 2.05) is 18.2 Å². The molecule has 0 aliphatic carbocycles. The quantitative estimate of drug-likeness (QED) is 0.555. The van der Waals surface area contributed by atoms with Gasteiger partial charge in [0.2, 0.25) is 0 Å². The van der Waals surface area contributed by atoms with Crippen molar-refractivity contribution in [2.75, 3.05) is 39.1 Å². The first-order chi connectivity index (χ1) is 11.5. The summed E-state index contributed by atoms with van der Waals surface area (Å²) in [5.41, 5.74) is 2.78. The van der Waals surface area contributed by atoms with Crippen molar-refractivity contribution in [3.05, 3.63) is 70.8 Å². The van der Waals surface area contributed by atoms with E-state index in [9.17, 15) is 4.79 Å². The number of likely N-dealkylation sites (N-methyl/N-ethyl adjacent to an activating group) is 2. The van der Waals surface area contributed by atoms with Crippen LogP contribution in [0.4, 0.5) is 5.69 Å². The number of hydrogen-bond acceptors (Lipinski definition) is 3. The fourth-order valence-corrected chi connectivity index (χ4v) is 2.35. The van der Waals surface area contributed by atoms with Gasteiger partial charge in [0.25, 0.3) is 0 Å². The van der Waals surface area contributed by atoms with Gasteiger partial charge in [-0.15, -0.1) is 0 Å². The maximum absolute atomic E-state index is 12.2. The number of rotatable bonds is 7. The SMILES string of the molecule is CN(C)CCN(C)c1cccc(/C=C/C(=O)c2ccc(Cl)cc2)c1. The maximum Gasteiger partial charge on any atom is 0.185 e. The summed E-state index contributed by atoms with van der Waals surface area (Å²) in [5, 5.41) is 0.629. The van der Waals surface area contributed by atoms with Crippen molar-refractivity contribution in [1.82, 2.24) is 4.90 Å². The third-order valence-corrected chi connectivity index (χ3v) is 4.00. The average Bonchev–Trinajstić information content (AvgIpc) is 2.58. The number of hydrogen-bond donors (Lipinski definition) is 0. The minimum Gasteiger partial charge on any atom is -0.373 e. The Balaban J connectivity index is 2.05. The van der Waals surface area contributed by atoms with E-state index < -0.39 is 0 Å². The lowest BCUT2D eigenvalue weighted by Crippen LogP contribution is -2.28. The minimum absolute atomic E-state index is 0.0296. The second kappa shape index (κ2) is 8.67. The summed E-state index contributed by atoms with van der Waals surface area (Å²) in [5.74, 6) is -0.0296. The molecular weight excluding hydrogens is 320 g/mol. The highest BCUT2D eigenvalue weighted by Gasteiger charge is 2.03. The summed E-state index contributed by atoms with van der Waals surface area (Å²) in [6, 6.07) is 15.1. The summed E-state index contributed by atoms with van der Waals surface area (Å²) < 4.78 is 0. The molecule has 3 nitrogen and oxygen atoms in total. The zero-order chi connectivity index (χ0) is 17.5. The van der Waals surface area contributed by atoms with Crippen molar-refractivity contribution in [2.24, 2.45) is 0 Å². The van der Waals surface area contributed by atoms with E-state index in [2.05, 4.69) is 43.1 Å². The van der Waals surface area contributed by atoms with Gasteiger partial charge < -0.3 is 9.80 Å². The molecule has 0 bridgehead atoms. The molecule has 0 aliphatic heterocycles. The van der Waals surface area contributed by atoms with Crippen molar-refractivity contribution in [3.8, 4) is 0 Å². The Bertz CT molecular complexity index is 708. The zero-order valence-corrected chi connectivity index (χ0v) is 15.1. The van der Waals surface area contributed by atoms with Crippen LogP contribution in [0, 0.1) is 0 Å². The Morgan fingerprint density at radius 3 is 2.42 bits per heavy atom. The number of anilines is 1. The summed E-state index contributed by atoms with van der Waals surface area (Å²) in [6.45, 7) is 1.94. The van der Waals surface area contributed by atoms with Gasteiger partial charge in [-0.1, -0.05) is 29.8 Å². The van der Waals surface area contributed by atoms with E-state index in [-0.39, 0.29) is 5.78 Å². The smallest absolute Gasteiger partial charge is 0.185 e. The Labute approximate surface area is 149 Å². The molecule has 0 unspecified atom stereocenters. The zero-order valence-electron chi connectivity index (χ0n) is 14.4. The predicted octanol–water partition coefficient (Wildman–Crippen LogP) is 4.23. The van der Waals surface area contributed by atoms with Crippen molar-refractivity contribution >= 4 is 29.1 Å². The highest BCUT2D eigenvalue weighted by atomic mass is 35.5. The monoisotopic (exact) mass is 342 g/mol. The lowest BCUT2D eigenvalue weighted by atomic mass is 10.1. The van der Waals surface area contributed by atoms with E-state index >= 15 is 0 Å². The van der Waals surface area contributed by atoms with Crippen LogP contribution in [-0.4, -0.2) is 44.9 Å². The second-order valence-corrected chi connectivity index (χ2v) is 6.46. The molecule has 0 aromatic heterocycles. The molecule has 0 radical (unpaired) electrons. The lowest BCUT2D eigenvalue weighted by Gasteiger charge is -2.21. The molecule has 2 aromatic rings. The van der Waals surface area contributed by atoms with Gasteiger partial charge in [-0.2, -0.15) is 0 Å². The van der Waals surface area contributed by atoms with Gasteiger partial charge in [0.05, 0.1) is 0 Å². The third kappa shape index (κ3) is 5.52. The normalized spacial score (nSPS) is 11.2. The molecular formula is C20H23ClN2O. The summed E-state index contributed by atoms with van der Waals surface area (Å²) >= 11 is 5.84. The second-order valence-electron chi connectivity index (χ2n) is 6.02. The number of ketones is 1. The van der Waals surface area contributed by atoms with E-state index in [1.54, 1.807) is 30.3 Å². The van der Waals surface area contributed by atoms with Crippen molar-refractivity contribution < 1.29 is 4.79 Å². The van der Waals surface area contributed by atoms with Gasteiger partial charge in [-0.25, -0.2) is 0 Å². The fraction of sp³-hybridized carbons (Fsp3) is 0.250. The average molecular weight is 343 g/mol. The lowest BCUT2D eigenvalue weighted by molar-refractivity contribution is 0.104. The Morgan fingerprint density at radius 1 is 1.04 bits per heavy atom. The van der Waals surface area contributed by atoms with E-state index in [0.29, 0.717) is 10.6 Å². The first kappa shape index (κ1) is 18.2. The molecule has 0 spiro atoms. The molecule has 0 heterocycles. The fourth-order valence-electron chi connectivity index (χ4n) is 2.23. The topological polar surface area (TPSA) is 23.6 Å². The van der Waals surface area contributed by atoms with Crippen LogP contribution in [0.2, 0.25) is 5.02 Å². The van der Waals surface area contributed by atoms with Gasteiger partial charge in [0, 0.05) is 36.4 Å². The summed E-state index contributed by atoms with van der Waals surface area (Å²) in [6.07, 6.45) is 3.45. The highest BCUT2D eigenvalue weighted by Crippen LogP contribution is 2.16. The van der Waals surface area contributed by atoms with E-state index in [1.165, 1.54) is 0 Å². The molecule has 2 aromatic carbocycles. The van der Waals surface area contributed by atoms with Crippen LogP contribution in [0.3, 0.4) is 0 Å². The summed E-state index contributed by atoms with van der Waals surface area (Å²) in [4.78, 5) is 16.5. The Morgan fingerprint density at radius 2 is 1.75 bits per heavy atom. The van der Waals surface area contributed by atoms with Gasteiger partial charge in [-0.05, 0) is 62.1 Å². The number of benzene rings is 2. The van der Waals surface area contributed by atoms with Crippen LogP contribution in [0.1, 0.15) is 15.9 Å². The first-order valence-electron chi connectivity index (χ1n) is 7.89. The van der Waals surface area contributed by atoms with Crippen LogP contribution in [0.15, 0.2) is 54.6 Å². The first-order valence-corrected chi connectivity index (χ1v) is 8.27. The number of halogens is 1. The Kier molecular flexibility index (Phi) is 6.59. The summed E-state index contributed by atoms with van der Waals surface area (Å²) in [7, 11) is 6.20. The molecule has 0 fully saturated rings. The number of carbonyl (C=O) groups is 1. The van der Waals surface area contributed by atoms with Crippen LogP contribution in [0.5, 0.6) is 0 Å². The number of nitrogens with zero attached hydrogens (tertiary/aromatic N) is 2. The molecule has 0 saturated carbocycles. The molecule has 126 valence electrons. The third-order valence-electron chi connectivity index (χ3n) is 3.75. The number of allylic oxidation sites excluding steroid dienone is 1. The molecule has 0 saturated heterocycles. The molecule has 2 rings (SSSR count). The van der Waals surface area contributed by atoms with Gasteiger partial charge in [-0.3, -0.25) is 4.79 Å². The molecule has 0 N–H and O–H groups in total. The van der Waals surface area contributed by atoms with Gasteiger partial charge in [0.15, 0.2) is 5.78 Å². The minimum atomic E-state index is -0.0296.